The first-order chi connectivity index (χ1) is 14.4. The number of rotatable bonds is 6. The number of nitrogens with one attached hydrogen (secondary N) is 2. The van der Waals surface area contributed by atoms with E-state index in [9.17, 15) is 9.59 Å². The first kappa shape index (κ1) is 21.3. The third kappa shape index (κ3) is 5.15. The van der Waals surface area contributed by atoms with Crippen molar-refractivity contribution in [2.45, 2.75) is 25.9 Å². The number of anilines is 1. The van der Waals surface area contributed by atoms with Crippen molar-refractivity contribution in [3.63, 3.8) is 0 Å². The van der Waals surface area contributed by atoms with Gasteiger partial charge >= 0.3 is 6.03 Å². The second-order valence-electron chi connectivity index (χ2n) is 6.64. The fraction of sp³-hybridized carbons (Fsp3) is 0.250. The number of carbonyl (C=O) groups excluding carboxylic acids is 2. The quantitative estimate of drug-likeness (QED) is 0.583. The van der Waals surface area contributed by atoms with Gasteiger partial charge in [0.15, 0.2) is 0 Å². The number of thioether (sulfide) groups is 1. The molecule has 0 unspecified atom stereocenters. The van der Waals surface area contributed by atoms with Crippen molar-refractivity contribution in [3.05, 3.63) is 53.1 Å². The molecule has 3 amide bonds. The van der Waals surface area contributed by atoms with E-state index in [4.69, 9.17) is 4.74 Å². The topological polar surface area (TPSA) is 111 Å². The third-order valence-corrected chi connectivity index (χ3v) is 5.27. The zero-order valence-electron chi connectivity index (χ0n) is 17.1. The van der Waals surface area contributed by atoms with Crippen LogP contribution in [0.3, 0.4) is 0 Å². The maximum Gasteiger partial charge on any atom is 0.325 e. The van der Waals surface area contributed by atoms with Crippen LogP contribution in [0.4, 0.5) is 10.5 Å². The van der Waals surface area contributed by atoms with Crippen molar-refractivity contribution in [1.82, 2.24) is 25.5 Å². The van der Waals surface area contributed by atoms with Crippen LogP contribution in [0.2, 0.25) is 0 Å². The first-order valence-electron chi connectivity index (χ1n) is 9.11. The number of tetrazole rings is 1. The van der Waals surface area contributed by atoms with E-state index in [0.717, 1.165) is 28.5 Å². The fourth-order valence-electron chi connectivity index (χ4n) is 2.66. The summed E-state index contributed by atoms with van der Waals surface area (Å²) in [7, 11) is 1.56. The van der Waals surface area contributed by atoms with Crippen molar-refractivity contribution in [2.75, 3.05) is 18.2 Å². The van der Waals surface area contributed by atoms with Crippen LogP contribution in [-0.2, 0) is 4.79 Å². The highest BCUT2D eigenvalue weighted by Crippen LogP contribution is 2.26. The lowest BCUT2D eigenvalue weighted by Crippen LogP contribution is -2.35. The number of benzene rings is 2. The molecule has 0 radical (unpaired) electrons. The molecule has 1 aromatic heterocycles. The number of hydrogen-bond donors (Lipinski definition) is 2. The number of nitrogens with zero attached hydrogens (tertiary/aromatic N) is 4. The highest BCUT2D eigenvalue weighted by molar-refractivity contribution is 7.99. The van der Waals surface area contributed by atoms with Gasteiger partial charge in [0.25, 0.3) is 0 Å². The number of amides is 3. The molecule has 3 rings (SSSR count). The summed E-state index contributed by atoms with van der Waals surface area (Å²) in [5, 5.41) is 17.0. The van der Waals surface area contributed by atoms with Crippen LogP contribution < -0.4 is 15.4 Å². The molecule has 0 atom stereocenters. The van der Waals surface area contributed by atoms with E-state index in [-0.39, 0.29) is 5.75 Å². The SMILES string of the molecule is COc1ccc(C)cc1-n1nnnc1SCC(=O)NC(=O)Nc1ccc(C)c(C)c1. The molecule has 2 N–H and O–H groups in total. The Morgan fingerprint density at radius 2 is 1.90 bits per heavy atom. The summed E-state index contributed by atoms with van der Waals surface area (Å²) in [4.78, 5) is 24.3. The molecule has 0 fully saturated rings. The van der Waals surface area contributed by atoms with Crippen molar-refractivity contribution in [1.29, 1.82) is 0 Å². The largest absolute Gasteiger partial charge is 0.494 e. The van der Waals surface area contributed by atoms with Gasteiger partial charge in [-0.3, -0.25) is 10.1 Å². The van der Waals surface area contributed by atoms with Gasteiger partial charge in [0, 0.05) is 5.69 Å². The number of aryl methyl sites for hydroxylation is 3. The molecule has 0 aliphatic heterocycles. The lowest BCUT2D eigenvalue weighted by molar-refractivity contribution is -0.117. The van der Waals surface area contributed by atoms with Gasteiger partial charge in [-0.15, -0.1) is 5.10 Å². The smallest absolute Gasteiger partial charge is 0.325 e. The Kier molecular flexibility index (Phi) is 6.68. The number of urea groups is 1. The summed E-state index contributed by atoms with van der Waals surface area (Å²) in [5.74, 6) is 0.105. The molecule has 10 heteroatoms. The summed E-state index contributed by atoms with van der Waals surface area (Å²) in [6.45, 7) is 5.88. The van der Waals surface area contributed by atoms with Crippen LogP contribution in [0.5, 0.6) is 5.75 Å². The Morgan fingerprint density at radius 3 is 2.63 bits per heavy atom. The monoisotopic (exact) mass is 426 g/mol. The Balaban J connectivity index is 1.61. The van der Waals surface area contributed by atoms with Gasteiger partial charge in [0.2, 0.25) is 11.1 Å². The van der Waals surface area contributed by atoms with Crippen LogP contribution in [-0.4, -0.2) is 45.0 Å². The van der Waals surface area contributed by atoms with E-state index in [1.165, 1.54) is 4.68 Å². The molecule has 156 valence electrons. The number of carbonyl (C=O) groups is 2. The number of imide groups is 1. The van der Waals surface area contributed by atoms with Crippen LogP contribution in [0, 0.1) is 20.8 Å². The second-order valence-corrected chi connectivity index (χ2v) is 7.58. The minimum atomic E-state index is -0.594. The van der Waals surface area contributed by atoms with Gasteiger partial charge in [-0.05, 0) is 72.2 Å². The highest BCUT2D eigenvalue weighted by atomic mass is 32.2. The summed E-state index contributed by atoms with van der Waals surface area (Å²) < 4.78 is 6.87. The van der Waals surface area contributed by atoms with Crippen molar-refractivity contribution in [3.8, 4) is 11.4 Å². The van der Waals surface area contributed by atoms with Crippen LogP contribution in [0.15, 0.2) is 41.6 Å². The Bertz CT molecular complexity index is 1080. The minimum Gasteiger partial charge on any atom is -0.494 e. The van der Waals surface area contributed by atoms with Gasteiger partial charge in [-0.2, -0.15) is 4.68 Å². The van der Waals surface area contributed by atoms with E-state index in [1.807, 2.05) is 51.1 Å². The molecule has 2 aromatic carbocycles. The first-order valence-corrected chi connectivity index (χ1v) is 10.1. The Hall–Kier alpha value is -3.40. The van der Waals surface area contributed by atoms with Crippen molar-refractivity contribution < 1.29 is 14.3 Å². The van der Waals surface area contributed by atoms with Crippen LogP contribution in [0.1, 0.15) is 16.7 Å². The standard InChI is InChI=1S/C20H22N6O3S/c1-12-5-8-17(29-4)16(9-12)26-20(23-24-25-26)30-11-18(27)22-19(28)21-15-7-6-13(2)14(3)10-15/h5-10H,11H2,1-4H3,(H2,21,22,27,28). The summed E-state index contributed by atoms with van der Waals surface area (Å²) in [6, 6.07) is 10.6. The van der Waals surface area contributed by atoms with Crippen molar-refractivity contribution >= 4 is 29.4 Å². The van der Waals surface area contributed by atoms with E-state index >= 15 is 0 Å². The molecule has 0 aliphatic carbocycles. The molecule has 1 heterocycles. The highest BCUT2D eigenvalue weighted by Gasteiger charge is 2.16. The molecule has 30 heavy (non-hydrogen) atoms. The lowest BCUT2D eigenvalue weighted by atomic mass is 10.1. The van der Waals surface area contributed by atoms with Gasteiger partial charge in [-0.25, -0.2) is 4.79 Å². The average molecular weight is 427 g/mol. The van der Waals surface area contributed by atoms with Gasteiger partial charge in [-0.1, -0.05) is 23.9 Å². The normalized spacial score (nSPS) is 10.5. The van der Waals surface area contributed by atoms with E-state index < -0.39 is 11.9 Å². The number of ether oxygens (including phenoxy) is 1. The maximum absolute atomic E-state index is 12.2. The number of hydrogen-bond acceptors (Lipinski definition) is 7. The second kappa shape index (κ2) is 9.40. The Morgan fingerprint density at radius 1 is 1.10 bits per heavy atom. The molecule has 9 nitrogen and oxygen atoms in total. The van der Waals surface area contributed by atoms with Gasteiger partial charge in [0.05, 0.1) is 12.9 Å². The predicted molar refractivity (Wildman–Crippen MR) is 114 cm³/mol. The van der Waals surface area contributed by atoms with Crippen LogP contribution in [0.25, 0.3) is 5.69 Å². The molecular weight excluding hydrogens is 404 g/mol. The maximum atomic E-state index is 12.2. The molecule has 0 spiro atoms. The predicted octanol–water partition coefficient (Wildman–Crippen LogP) is 3.04. The van der Waals surface area contributed by atoms with E-state index in [2.05, 4.69) is 26.2 Å². The van der Waals surface area contributed by atoms with E-state index in [0.29, 0.717) is 22.3 Å². The van der Waals surface area contributed by atoms with Gasteiger partial charge in [0.1, 0.15) is 11.4 Å². The summed E-state index contributed by atoms with van der Waals surface area (Å²) in [6.07, 6.45) is 0. The molecule has 0 saturated heterocycles. The Labute approximate surface area is 178 Å². The molecular formula is C20H22N6O3S. The average Bonchev–Trinajstić information content (AvgIpc) is 3.17. The molecule has 0 aliphatic rings. The summed E-state index contributed by atoms with van der Waals surface area (Å²) in [5.41, 5.74) is 4.46. The summed E-state index contributed by atoms with van der Waals surface area (Å²) >= 11 is 1.11. The van der Waals surface area contributed by atoms with Crippen LogP contribution >= 0.6 is 11.8 Å². The van der Waals surface area contributed by atoms with E-state index in [1.54, 1.807) is 13.2 Å². The minimum absolute atomic E-state index is 0.0329. The number of methoxy groups -OCH3 is 1. The zero-order valence-corrected chi connectivity index (χ0v) is 17.9. The number of aromatic nitrogens is 4. The third-order valence-electron chi connectivity index (χ3n) is 4.35. The van der Waals surface area contributed by atoms with Gasteiger partial charge < -0.3 is 10.1 Å². The lowest BCUT2D eigenvalue weighted by Gasteiger charge is -2.10. The molecule has 3 aromatic rings. The molecule has 0 saturated carbocycles. The fourth-order valence-corrected chi connectivity index (χ4v) is 3.34. The molecule has 0 bridgehead atoms. The van der Waals surface area contributed by atoms with Crippen molar-refractivity contribution in [2.24, 2.45) is 0 Å². The zero-order chi connectivity index (χ0) is 21.7.